The molecule has 0 bridgehead atoms. The summed E-state index contributed by atoms with van der Waals surface area (Å²) in [5, 5.41) is 13.5. The molecule has 6 nitrogen and oxygen atoms in total. The van der Waals surface area contributed by atoms with Gasteiger partial charge in [-0.1, -0.05) is 41.6 Å². The first-order chi connectivity index (χ1) is 13.2. The Morgan fingerprint density at radius 2 is 1.74 bits per heavy atom. The molecule has 0 radical (unpaired) electrons. The van der Waals surface area contributed by atoms with Crippen molar-refractivity contribution in [2.75, 3.05) is 5.32 Å². The maximum atomic E-state index is 12.6. The van der Waals surface area contributed by atoms with E-state index in [9.17, 15) is 9.59 Å². The number of nitrogens with zero attached hydrogens (tertiary/aromatic N) is 3. The van der Waals surface area contributed by atoms with Gasteiger partial charge >= 0.3 is 0 Å². The molecule has 6 heteroatoms. The van der Waals surface area contributed by atoms with Crippen LogP contribution in [0.25, 0.3) is 21.7 Å². The molecule has 4 aromatic rings. The predicted octanol–water partition coefficient (Wildman–Crippen LogP) is 2.68. The van der Waals surface area contributed by atoms with Gasteiger partial charge in [0.25, 0.3) is 5.56 Å². The van der Waals surface area contributed by atoms with Crippen molar-refractivity contribution < 1.29 is 4.79 Å². The van der Waals surface area contributed by atoms with Gasteiger partial charge in [0.2, 0.25) is 5.91 Å². The third-order valence-electron chi connectivity index (χ3n) is 5.07. The van der Waals surface area contributed by atoms with Crippen LogP contribution in [-0.4, -0.2) is 20.9 Å². The van der Waals surface area contributed by atoms with Gasteiger partial charge in [-0.25, -0.2) is 4.68 Å². The van der Waals surface area contributed by atoms with E-state index in [1.807, 2.05) is 18.2 Å². The number of anilines is 1. The second-order valence-corrected chi connectivity index (χ2v) is 6.73. The van der Waals surface area contributed by atoms with Gasteiger partial charge in [0.05, 0.1) is 5.39 Å². The third-order valence-corrected chi connectivity index (χ3v) is 5.07. The first-order valence-electron chi connectivity index (χ1n) is 8.86. The van der Waals surface area contributed by atoms with E-state index in [4.69, 9.17) is 0 Å². The van der Waals surface area contributed by atoms with Crippen LogP contribution in [0, 0.1) is 0 Å². The van der Waals surface area contributed by atoms with Crippen molar-refractivity contribution in [3.8, 4) is 0 Å². The number of hydrogen-bond donors (Lipinski definition) is 1. The molecular weight excluding hydrogens is 340 g/mol. The Balaban J connectivity index is 1.46. The SMILES string of the molecule is O=C(Cn1nnc2ccccc2c1=O)Nc1ccc2c3c(cccc13)CC2. The van der Waals surface area contributed by atoms with E-state index in [0.29, 0.717) is 10.9 Å². The van der Waals surface area contributed by atoms with Crippen LogP contribution in [0.3, 0.4) is 0 Å². The molecule has 1 aliphatic rings. The lowest BCUT2D eigenvalue weighted by Crippen LogP contribution is -2.30. The van der Waals surface area contributed by atoms with Crippen LogP contribution < -0.4 is 10.9 Å². The van der Waals surface area contributed by atoms with Crippen molar-refractivity contribution >= 4 is 33.3 Å². The van der Waals surface area contributed by atoms with E-state index in [2.05, 4.69) is 27.8 Å². The molecule has 1 heterocycles. The molecule has 1 N–H and O–H groups in total. The van der Waals surface area contributed by atoms with Crippen molar-refractivity contribution in [1.29, 1.82) is 0 Å². The van der Waals surface area contributed by atoms with Gasteiger partial charge in [-0.3, -0.25) is 9.59 Å². The summed E-state index contributed by atoms with van der Waals surface area (Å²) in [5.41, 5.74) is 3.58. The molecule has 0 atom stereocenters. The van der Waals surface area contributed by atoms with E-state index < -0.39 is 0 Å². The average molecular weight is 356 g/mol. The van der Waals surface area contributed by atoms with Gasteiger partial charge in [0.15, 0.2) is 0 Å². The zero-order valence-electron chi connectivity index (χ0n) is 14.5. The highest BCUT2D eigenvalue weighted by molar-refractivity contribution is 6.05. The average Bonchev–Trinajstić information content (AvgIpc) is 3.11. The summed E-state index contributed by atoms with van der Waals surface area (Å²) in [5.74, 6) is -0.305. The molecule has 1 amide bonds. The number of aromatic nitrogens is 3. The molecule has 5 rings (SSSR count). The number of amides is 1. The van der Waals surface area contributed by atoms with Crippen LogP contribution >= 0.6 is 0 Å². The van der Waals surface area contributed by atoms with Gasteiger partial charge in [-0.2, -0.15) is 0 Å². The van der Waals surface area contributed by atoms with Gasteiger partial charge < -0.3 is 5.32 Å². The van der Waals surface area contributed by atoms with Crippen LogP contribution in [0.4, 0.5) is 5.69 Å². The van der Waals surface area contributed by atoms with Gasteiger partial charge in [0.1, 0.15) is 12.1 Å². The van der Waals surface area contributed by atoms with Crippen LogP contribution in [0.15, 0.2) is 59.4 Å². The molecule has 0 saturated heterocycles. The highest BCUT2D eigenvalue weighted by atomic mass is 16.2. The topological polar surface area (TPSA) is 76.9 Å². The van der Waals surface area contributed by atoms with Crippen LogP contribution in [-0.2, 0) is 24.2 Å². The lowest BCUT2D eigenvalue weighted by Gasteiger charge is -2.11. The Hall–Kier alpha value is -3.54. The van der Waals surface area contributed by atoms with Crippen LogP contribution in [0.2, 0.25) is 0 Å². The maximum absolute atomic E-state index is 12.6. The number of benzene rings is 3. The van der Waals surface area contributed by atoms with Crippen molar-refractivity contribution in [2.45, 2.75) is 19.4 Å². The van der Waals surface area contributed by atoms with Crippen molar-refractivity contribution in [1.82, 2.24) is 15.0 Å². The fourth-order valence-electron chi connectivity index (χ4n) is 3.81. The maximum Gasteiger partial charge on any atom is 0.278 e. The van der Waals surface area contributed by atoms with Gasteiger partial charge in [-0.15, -0.1) is 5.10 Å². The van der Waals surface area contributed by atoms with E-state index in [-0.39, 0.29) is 18.0 Å². The first kappa shape index (κ1) is 15.7. The molecular formula is C21H16N4O2. The zero-order chi connectivity index (χ0) is 18.4. The predicted molar refractivity (Wildman–Crippen MR) is 104 cm³/mol. The van der Waals surface area contributed by atoms with E-state index >= 15 is 0 Å². The number of carbonyl (C=O) groups is 1. The summed E-state index contributed by atoms with van der Waals surface area (Å²) in [7, 11) is 0. The lowest BCUT2D eigenvalue weighted by molar-refractivity contribution is -0.117. The minimum absolute atomic E-state index is 0.181. The Bertz CT molecular complexity index is 1270. The van der Waals surface area contributed by atoms with Crippen molar-refractivity contribution in [3.05, 3.63) is 76.1 Å². The fraction of sp³-hybridized carbons (Fsp3) is 0.143. The molecule has 1 aromatic heterocycles. The molecule has 3 aromatic carbocycles. The normalized spacial score (nSPS) is 12.6. The Labute approximate surface area is 154 Å². The third kappa shape index (κ3) is 2.57. The number of carbonyl (C=O) groups excluding carboxylic acids is 1. The highest BCUT2D eigenvalue weighted by Gasteiger charge is 2.17. The molecule has 0 aliphatic heterocycles. The Kier molecular flexibility index (Phi) is 3.50. The molecule has 132 valence electrons. The Morgan fingerprint density at radius 3 is 2.63 bits per heavy atom. The van der Waals surface area contributed by atoms with Crippen LogP contribution in [0.1, 0.15) is 11.1 Å². The Morgan fingerprint density at radius 1 is 0.963 bits per heavy atom. The molecule has 27 heavy (non-hydrogen) atoms. The first-order valence-corrected chi connectivity index (χ1v) is 8.86. The summed E-state index contributed by atoms with van der Waals surface area (Å²) in [4.78, 5) is 25.1. The highest BCUT2D eigenvalue weighted by Crippen LogP contribution is 2.34. The van der Waals surface area contributed by atoms with Gasteiger partial charge in [-0.05, 0) is 47.6 Å². The van der Waals surface area contributed by atoms with Gasteiger partial charge in [0, 0.05) is 11.1 Å². The minimum Gasteiger partial charge on any atom is -0.324 e. The largest absolute Gasteiger partial charge is 0.324 e. The summed E-state index contributed by atoms with van der Waals surface area (Å²) in [6.07, 6.45) is 2.07. The molecule has 0 saturated carbocycles. The fourth-order valence-corrected chi connectivity index (χ4v) is 3.81. The minimum atomic E-state index is -0.323. The van der Waals surface area contributed by atoms with E-state index in [1.165, 1.54) is 16.5 Å². The van der Waals surface area contributed by atoms with E-state index in [1.54, 1.807) is 24.3 Å². The summed E-state index contributed by atoms with van der Waals surface area (Å²) in [6.45, 7) is -0.181. The number of fused-ring (bicyclic) bond motifs is 1. The second kappa shape index (κ2) is 6.02. The zero-order valence-corrected chi connectivity index (χ0v) is 14.5. The van der Waals surface area contributed by atoms with Crippen LogP contribution in [0.5, 0.6) is 0 Å². The number of rotatable bonds is 3. The number of nitrogens with one attached hydrogen (secondary N) is 1. The molecule has 1 aliphatic carbocycles. The molecule has 0 fully saturated rings. The molecule has 0 spiro atoms. The standard InChI is InChI=1S/C21H16N4O2/c26-19(12-25-21(27)16-5-1-2-7-18(16)23-24-25)22-17-11-10-14-9-8-13-4-3-6-15(17)20(13)14/h1-7,10-11H,8-9,12H2,(H,22,26). The summed E-state index contributed by atoms with van der Waals surface area (Å²) in [6, 6.07) is 17.1. The summed E-state index contributed by atoms with van der Waals surface area (Å²) >= 11 is 0. The quantitative estimate of drug-likeness (QED) is 0.612. The van der Waals surface area contributed by atoms with Crippen molar-refractivity contribution in [3.63, 3.8) is 0 Å². The number of hydrogen-bond acceptors (Lipinski definition) is 4. The monoisotopic (exact) mass is 356 g/mol. The lowest BCUT2D eigenvalue weighted by atomic mass is 10.0. The number of aryl methyl sites for hydroxylation is 2. The second-order valence-electron chi connectivity index (χ2n) is 6.73. The van der Waals surface area contributed by atoms with Crippen molar-refractivity contribution in [2.24, 2.45) is 0 Å². The smallest absolute Gasteiger partial charge is 0.278 e. The molecule has 0 unspecified atom stereocenters. The summed E-state index contributed by atoms with van der Waals surface area (Å²) < 4.78 is 1.09. The van der Waals surface area contributed by atoms with E-state index in [0.717, 1.165) is 28.6 Å².